The number of nitrogens with two attached hydrogens (primary N) is 1. The van der Waals surface area contributed by atoms with Gasteiger partial charge in [-0.15, -0.1) is 0 Å². The van der Waals surface area contributed by atoms with Crippen LogP contribution in [0.3, 0.4) is 0 Å². The molecule has 68 valence electrons. The van der Waals surface area contributed by atoms with Crippen molar-refractivity contribution in [1.82, 2.24) is 0 Å². The second-order valence-electron chi connectivity index (χ2n) is 3.99. The van der Waals surface area contributed by atoms with Crippen LogP contribution >= 0.6 is 0 Å². The van der Waals surface area contributed by atoms with Crippen molar-refractivity contribution in [3.63, 3.8) is 0 Å². The lowest BCUT2D eigenvalue weighted by atomic mass is 9.91. The zero-order valence-corrected chi connectivity index (χ0v) is 8.27. The zero-order chi connectivity index (χ0) is 8.69. The van der Waals surface area contributed by atoms with Gasteiger partial charge in [0.2, 0.25) is 0 Å². The Labute approximate surface area is 71.4 Å². The van der Waals surface area contributed by atoms with E-state index in [4.69, 9.17) is 5.73 Å². The van der Waals surface area contributed by atoms with Gasteiger partial charge in [0.25, 0.3) is 0 Å². The molecule has 0 aromatic heterocycles. The maximum absolute atomic E-state index is 5.11. The number of hydrogen-bond donors (Lipinski definition) is 1. The highest BCUT2D eigenvalue weighted by Crippen LogP contribution is 2.21. The van der Waals surface area contributed by atoms with Crippen molar-refractivity contribution in [2.75, 3.05) is 0 Å². The van der Waals surface area contributed by atoms with Crippen molar-refractivity contribution in [2.24, 2.45) is 11.7 Å². The van der Waals surface area contributed by atoms with Gasteiger partial charge in [0.15, 0.2) is 0 Å². The van der Waals surface area contributed by atoms with E-state index in [9.17, 15) is 0 Å². The van der Waals surface area contributed by atoms with Gasteiger partial charge in [0, 0.05) is 0 Å². The molecule has 0 heterocycles. The number of rotatable bonds is 0. The van der Waals surface area contributed by atoms with Crippen LogP contribution in [0.2, 0.25) is 0 Å². The molecule has 1 aliphatic carbocycles. The van der Waals surface area contributed by atoms with Gasteiger partial charge in [-0.3, -0.25) is 0 Å². The Morgan fingerprint density at radius 3 is 1.64 bits per heavy atom. The van der Waals surface area contributed by atoms with Gasteiger partial charge >= 0.3 is 0 Å². The highest BCUT2D eigenvalue weighted by molar-refractivity contribution is 4.59. The van der Waals surface area contributed by atoms with E-state index in [1.165, 1.54) is 32.1 Å². The summed E-state index contributed by atoms with van der Waals surface area (Å²) in [4.78, 5) is 0. The molecule has 0 aromatic rings. The van der Waals surface area contributed by atoms with Crippen LogP contribution in [0.15, 0.2) is 0 Å². The maximum Gasteiger partial charge on any atom is -0.00179 e. The molecule has 1 rings (SSSR count). The predicted octanol–water partition coefficient (Wildman–Crippen LogP) is 2.94. The Balaban J connectivity index is 0.000000218. The minimum absolute atomic E-state index is 0.333. The van der Waals surface area contributed by atoms with Gasteiger partial charge in [-0.1, -0.05) is 52.9 Å². The summed E-state index contributed by atoms with van der Waals surface area (Å²) in [5.41, 5.74) is 5.11. The van der Waals surface area contributed by atoms with Crippen molar-refractivity contribution in [3.8, 4) is 0 Å². The van der Waals surface area contributed by atoms with Gasteiger partial charge in [0.05, 0.1) is 0 Å². The summed E-state index contributed by atoms with van der Waals surface area (Å²) in [6, 6.07) is 0.333. The first-order valence-corrected chi connectivity index (χ1v) is 4.88. The van der Waals surface area contributed by atoms with Crippen molar-refractivity contribution >= 4 is 0 Å². The zero-order valence-electron chi connectivity index (χ0n) is 8.27. The van der Waals surface area contributed by atoms with E-state index < -0.39 is 0 Å². The summed E-state index contributed by atoms with van der Waals surface area (Å²) in [6.07, 6.45) is 7.44. The molecular formula is C10H23N. The largest absolute Gasteiger partial charge is 0.328 e. The molecule has 0 aliphatic heterocycles. The fraction of sp³-hybridized carbons (Fsp3) is 1.00. The summed E-state index contributed by atoms with van der Waals surface area (Å²) < 4.78 is 0. The standard InChI is InChI=1S/C7H14.C3H9N/c1-7-5-3-2-4-6-7;1-3(2)4/h7H,2-6H2,1H3;3H,4H2,1-2H3. The minimum Gasteiger partial charge on any atom is -0.328 e. The average Bonchev–Trinajstić information content (AvgIpc) is 1.87. The van der Waals surface area contributed by atoms with Crippen LogP contribution in [0.5, 0.6) is 0 Å². The Bertz CT molecular complexity index is 70.2. The fourth-order valence-corrected chi connectivity index (χ4v) is 1.31. The van der Waals surface area contributed by atoms with Gasteiger partial charge in [-0.25, -0.2) is 0 Å². The molecule has 0 spiro atoms. The summed E-state index contributed by atoms with van der Waals surface area (Å²) >= 11 is 0. The van der Waals surface area contributed by atoms with Crippen molar-refractivity contribution in [1.29, 1.82) is 0 Å². The Morgan fingerprint density at radius 2 is 1.45 bits per heavy atom. The summed E-state index contributed by atoms with van der Waals surface area (Å²) in [5, 5.41) is 0. The van der Waals surface area contributed by atoms with Crippen molar-refractivity contribution < 1.29 is 0 Å². The monoisotopic (exact) mass is 157 g/mol. The third-order valence-electron chi connectivity index (χ3n) is 1.89. The third-order valence-corrected chi connectivity index (χ3v) is 1.89. The third kappa shape index (κ3) is 9.96. The van der Waals surface area contributed by atoms with Crippen LogP contribution in [-0.4, -0.2) is 6.04 Å². The molecule has 1 fully saturated rings. The van der Waals surface area contributed by atoms with Crippen molar-refractivity contribution in [2.45, 2.75) is 58.9 Å². The van der Waals surface area contributed by atoms with E-state index in [0.717, 1.165) is 5.92 Å². The molecule has 1 saturated carbocycles. The lowest BCUT2D eigenvalue weighted by Crippen LogP contribution is -2.06. The molecule has 0 aromatic carbocycles. The van der Waals surface area contributed by atoms with Gasteiger partial charge in [-0.2, -0.15) is 0 Å². The molecule has 0 saturated heterocycles. The molecule has 0 amide bonds. The van der Waals surface area contributed by atoms with Crippen LogP contribution in [0.25, 0.3) is 0 Å². The maximum atomic E-state index is 5.11. The lowest BCUT2D eigenvalue weighted by molar-refractivity contribution is 0.385. The van der Waals surface area contributed by atoms with E-state index in [1.54, 1.807) is 0 Å². The SMILES string of the molecule is CC(C)N.CC1CCCCC1. The van der Waals surface area contributed by atoms with Crippen LogP contribution in [0.1, 0.15) is 52.9 Å². The minimum atomic E-state index is 0.333. The van der Waals surface area contributed by atoms with E-state index >= 15 is 0 Å². The van der Waals surface area contributed by atoms with E-state index in [-0.39, 0.29) is 0 Å². The molecule has 11 heavy (non-hydrogen) atoms. The Morgan fingerprint density at radius 1 is 1.09 bits per heavy atom. The topological polar surface area (TPSA) is 26.0 Å². The molecule has 1 heteroatoms. The number of hydrogen-bond acceptors (Lipinski definition) is 1. The van der Waals surface area contributed by atoms with Crippen LogP contribution in [0, 0.1) is 5.92 Å². The normalized spacial score (nSPS) is 19.4. The molecule has 1 nitrogen and oxygen atoms in total. The lowest BCUT2D eigenvalue weighted by Gasteiger charge is -2.15. The summed E-state index contributed by atoms with van der Waals surface area (Å²) in [7, 11) is 0. The molecular weight excluding hydrogens is 134 g/mol. The second kappa shape index (κ2) is 6.66. The van der Waals surface area contributed by atoms with Gasteiger partial charge in [-0.05, 0) is 12.0 Å². The highest BCUT2D eigenvalue weighted by atomic mass is 14.6. The molecule has 0 bridgehead atoms. The van der Waals surface area contributed by atoms with Crippen LogP contribution in [-0.2, 0) is 0 Å². The molecule has 0 atom stereocenters. The van der Waals surface area contributed by atoms with E-state index in [2.05, 4.69) is 6.92 Å². The van der Waals surface area contributed by atoms with E-state index in [0.29, 0.717) is 6.04 Å². The first-order chi connectivity index (χ1) is 5.13. The fourth-order valence-electron chi connectivity index (χ4n) is 1.31. The molecule has 1 aliphatic rings. The summed E-state index contributed by atoms with van der Waals surface area (Å²) in [5.74, 6) is 1.04. The molecule has 0 radical (unpaired) electrons. The summed E-state index contributed by atoms with van der Waals surface area (Å²) in [6.45, 7) is 6.25. The smallest absolute Gasteiger partial charge is 0.00179 e. The van der Waals surface area contributed by atoms with E-state index in [1.807, 2.05) is 13.8 Å². The Kier molecular flexibility index (Phi) is 6.63. The second-order valence-corrected chi connectivity index (χ2v) is 3.99. The first kappa shape index (κ1) is 11.0. The Hall–Kier alpha value is -0.0400. The van der Waals surface area contributed by atoms with Crippen LogP contribution in [0.4, 0.5) is 0 Å². The van der Waals surface area contributed by atoms with Gasteiger partial charge < -0.3 is 5.73 Å². The van der Waals surface area contributed by atoms with Crippen LogP contribution < -0.4 is 5.73 Å². The first-order valence-electron chi connectivity index (χ1n) is 4.88. The highest BCUT2D eigenvalue weighted by Gasteiger charge is 2.05. The predicted molar refractivity (Wildman–Crippen MR) is 51.6 cm³/mol. The molecule has 0 unspecified atom stereocenters. The quantitative estimate of drug-likeness (QED) is 0.575. The molecule has 2 N–H and O–H groups in total. The average molecular weight is 157 g/mol. The van der Waals surface area contributed by atoms with Gasteiger partial charge in [0.1, 0.15) is 0 Å². The van der Waals surface area contributed by atoms with Crippen molar-refractivity contribution in [3.05, 3.63) is 0 Å².